The highest BCUT2D eigenvalue weighted by atomic mass is 35.5. The van der Waals surface area contributed by atoms with Crippen LogP contribution >= 0.6 is 12.4 Å². The van der Waals surface area contributed by atoms with E-state index in [0.29, 0.717) is 11.3 Å². The third-order valence-electron chi connectivity index (χ3n) is 3.42. The van der Waals surface area contributed by atoms with Crippen molar-refractivity contribution < 1.29 is 14.3 Å². The monoisotopic (exact) mass is 327 g/mol. The van der Waals surface area contributed by atoms with E-state index in [0.717, 1.165) is 25.9 Å². The molecule has 2 rings (SSSR count). The Kier molecular flexibility index (Phi) is 7.70. The van der Waals surface area contributed by atoms with E-state index < -0.39 is 0 Å². The van der Waals surface area contributed by atoms with Crippen LogP contribution in [0.15, 0.2) is 24.3 Å². The number of halogens is 1. The number of rotatable bonds is 5. The van der Waals surface area contributed by atoms with E-state index >= 15 is 0 Å². The topological polar surface area (TPSA) is 79.5 Å². The maximum absolute atomic E-state index is 11.9. The molecule has 0 aliphatic carbocycles. The molecule has 3 N–H and O–H groups in total. The number of carbonyl (C=O) groups excluding carboxylic acids is 2. The number of nitrogens with one attached hydrogen (secondary N) is 3. The number of carbonyl (C=O) groups is 2. The summed E-state index contributed by atoms with van der Waals surface area (Å²) in [4.78, 5) is 23.7. The third kappa shape index (κ3) is 5.54. The van der Waals surface area contributed by atoms with Crippen LogP contribution in [0.5, 0.6) is 5.75 Å². The molecule has 2 amide bonds. The van der Waals surface area contributed by atoms with Crippen molar-refractivity contribution >= 4 is 24.2 Å². The van der Waals surface area contributed by atoms with Crippen molar-refractivity contribution in [1.82, 2.24) is 16.0 Å². The second kappa shape index (κ2) is 9.27. The van der Waals surface area contributed by atoms with Gasteiger partial charge in [-0.05, 0) is 43.7 Å². The normalized spacial score (nSPS) is 17.0. The van der Waals surface area contributed by atoms with Gasteiger partial charge in [-0.25, -0.2) is 0 Å². The largest absolute Gasteiger partial charge is 0.497 e. The zero-order chi connectivity index (χ0) is 15.1. The SMILES string of the molecule is COc1ccc(C(=O)NCC(=O)N[C@H]2CCCNC2)cc1.Cl. The number of piperidine rings is 1. The lowest BCUT2D eigenvalue weighted by molar-refractivity contribution is -0.120. The Morgan fingerprint density at radius 2 is 2.05 bits per heavy atom. The molecule has 1 heterocycles. The van der Waals surface area contributed by atoms with Crippen molar-refractivity contribution in [2.75, 3.05) is 26.7 Å². The zero-order valence-electron chi connectivity index (χ0n) is 12.6. The smallest absolute Gasteiger partial charge is 0.251 e. The fourth-order valence-electron chi connectivity index (χ4n) is 2.26. The van der Waals surface area contributed by atoms with Crippen LogP contribution in [-0.4, -0.2) is 44.6 Å². The molecule has 1 fully saturated rings. The lowest BCUT2D eigenvalue weighted by Crippen LogP contribution is -2.48. The maximum Gasteiger partial charge on any atom is 0.251 e. The number of methoxy groups -OCH3 is 1. The molecule has 0 aromatic heterocycles. The molecule has 1 aromatic carbocycles. The summed E-state index contributed by atoms with van der Waals surface area (Å²) in [7, 11) is 1.57. The average Bonchev–Trinajstić information content (AvgIpc) is 2.53. The molecule has 0 radical (unpaired) electrons. The average molecular weight is 328 g/mol. The van der Waals surface area contributed by atoms with Crippen LogP contribution in [0.4, 0.5) is 0 Å². The molecule has 1 aliphatic heterocycles. The summed E-state index contributed by atoms with van der Waals surface area (Å²) in [6, 6.07) is 6.91. The Bertz CT molecular complexity index is 487. The molecule has 1 aromatic rings. The highest BCUT2D eigenvalue weighted by molar-refractivity contribution is 5.96. The van der Waals surface area contributed by atoms with Gasteiger partial charge in [-0.3, -0.25) is 9.59 Å². The fourth-order valence-corrected chi connectivity index (χ4v) is 2.26. The zero-order valence-corrected chi connectivity index (χ0v) is 13.4. The lowest BCUT2D eigenvalue weighted by atomic mass is 10.1. The van der Waals surface area contributed by atoms with Crippen molar-refractivity contribution in [3.63, 3.8) is 0 Å². The Labute approximate surface area is 136 Å². The van der Waals surface area contributed by atoms with Gasteiger partial charge in [-0.1, -0.05) is 0 Å². The summed E-state index contributed by atoms with van der Waals surface area (Å²) in [5, 5.41) is 8.75. The van der Waals surface area contributed by atoms with Gasteiger partial charge in [0.2, 0.25) is 5.91 Å². The molecule has 1 atom stereocenters. The van der Waals surface area contributed by atoms with Gasteiger partial charge in [0.1, 0.15) is 5.75 Å². The summed E-state index contributed by atoms with van der Waals surface area (Å²) >= 11 is 0. The van der Waals surface area contributed by atoms with E-state index in [1.54, 1.807) is 31.4 Å². The summed E-state index contributed by atoms with van der Waals surface area (Å²) in [5.74, 6) is 0.259. The molecule has 0 unspecified atom stereocenters. The summed E-state index contributed by atoms with van der Waals surface area (Å²) in [6.07, 6.45) is 2.04. The predicted molar refractivity (Wildman–Crippen MR) is 86.6 cm³/mol. The minimum atomic E-state index is -0.269. The lowest BCUT2D eigenvalue weighted by Gasteiger charge is -2.23. The van der Waals surface area contributed by atoms with Gasteiger partial charge in [-0.2, -0.15) is 0 Å². The minimum Gasteiger partial charge on any atom is -0.497 e. The van der Waals surface area contributed by atoms with Gasteiger partial charge in [0.25, 0.3) is 5.91 Å². The van der Waals surface area contributed by atoms with Crippen LogP contribution < -0.4 is 20.7 Å². The van der Waals surface area contributed by atoms with Crippen LogP contribution in [0, 0.1) is 0 Å². The molecule has 7 heteroatoms. The van der Waals surface area contributed by atoms with Crippen LogP contribution in [0.25, 0.3) is 0 Å². The molecule has 0 bridgehead atoms. The van der Waals surface area contributed by atoms with E-state index in [2.05, 4.69) is 16.0 Å². The molecular weight excluding hydrogens is 306 g/mol. The predicted octanol–water partition coefficient (Wildman–Crippen LogP) is 0.715. The Morgan fingerprint density at radius 3 is 2.64 bits per heavy atom. The van der Waals surface area contributed by atoms with Gasteiger partial charge in [0, 0.05) is 18.2 Å². The second-order valence-corrected chi connectivity index (χ2v) is 5.02. The van der Waals surface area contributed by atoms with Gasteiger partial charge in [-0.15, -0.1) is 12.4 Å². The summed E-state index contributed by atoms with van der Waals surface area (Å²) in [5.41, 5.74) is 0.503. The van der Waals surface area contributed by atoms with Crippen molar-refractivity contribution in [3.8, 4) is 5.75 Å². The van der Waals surface area contributed by atoms with E-state index in [1.165, 1.54) is 0 Å². The first-order valence-electron chi connectivity index (χ1n) is 7.11. The van der Waals surface area contributed by atoms with E-state index in [9.17, 15) is 9.59 Å². The Morgan fingerprint density at radius 1 is 1.32 bits per heavy atom. The number of benzene rings is 1. The van der Waals surface area contributed by atoms with Crippen molar-refractivity contribution in [1.29, 1.82) is 0 Å². The maximum atomic E-state index is 11.9. The van der Waals surface area contributed by atoms with Crippen LogP contribution in [0.1, 0.15) is 23.2 Å². The van der Waals surface area contributed by atoms with E-state index in [1.807, 2.05) is 0 Å². The Balaban J connectivity index is 0.00000242. The first-order chi connectivity index (χ1) is 10.2. The standard InChI is InChI=1S/C15H21N3O3.ClH/c1-21-13-6-4-11(5-7-13)15(20)17-10-14(19)18-12-3-2-8-16-9-12;/h4-7,12,16H,2-3,8-10H2,1H3,(H,17,20)(H,18,19);1H/t12-;/m0./s1. The number of ether oxygens (including phenoxy) is 1. The van der Waals surface area contributed by atoms with E-state index in [4.69, 9.17) is 4.74 Å². The molecule has 122 valence electrons. The van der Waals surface area contributed by atoms with Crippen LogP contribution in [0.2, 0.25) is 0 Å². The number of hydrogen-bond acceptors (Lipinski definition) is 4. The highest BCUT2D eigenvalue weighted by Crippen LogP contribution is 2.10. The third-order valence-corrected chi connectivity index (χ3v) is 3.42. The molecular formula is C15H22ClN3O3. The molecule has 6 nitrogen and oxygen atoms in total. The second-order valence-electron chi connectivity index (χ2n) is 5.02. The molecule has 0 saturated carbocycles. The van der Waals surface area contributed by atoms with Gasteiger partial charge >= 0.3 is 0 Å². The summed E-state index contributed by atoms with van der Waals surface area (Å²) < 4.78 is 5.03. The van der Waals surface area contributed by atoms with E-state index in [-0.39, 0.29) is 36.8 Å². The number of amides is 2. The first-order valence-corrected chi connectivity index (χ1v) is 7.11. The number of hydrogen-bond donors (Lipinski definition) is 3. The molecule has 0 spiro atoms. The van der Waals surface area contributed by atoms with Crippen molar-refractivity contribution in [2.24, 2.45) is 0 Å². The minimum absolute atomic E-state index is 0. The van der Waals surface area contributed by atoms with Crippen molar-refractivity contribution in [3.05, 3.63) is 29.8 Å². The van der Waals surface area contributed by atoms with Crippen molar-refractivity contribution in [2.45, 2.75) is 18.9 Å². The highest BCUT2D eigenvalue weighted by Gasteiger charge is 2.15. The Hall–Kier alpha value is -1.79. The summed E-state index contributed by atoms with van der Waals surface area (Å²) in [6.45, 7) is 1.78. The quantitative estimate of drug-likeness (QED) is 0.744. The molecule has 1 saturated heterocycles. The van der Waals surface area contributed by atoms with Gasteiger partial charge in [0.05, 0.1) is 13.7 Å². The van der Waals surface area contributed by atoms with Crippen LogP contribution in [-0.2, 0) is 4.79 Å². The van der Waals surface area contributed by atoms with Gasteiger partial charge in [0.15, 0.2) is 0 Å². The van der Waals surface area contributed by atoms with Gasteiger partial charge < -0.3 is 20.7 Å². The van der Waals surface area contributed by atoms with Crippen LogP contribution in [0.3, 0.4) is 0 Å². The first kappa shape index (κ1) is 18.3. The fraction of sp³-hybridized carbons (Fsp3) is 0.467. The molecule has 1 aliphatic rings. The molecule has 22 heavy (non-hydrogen) atoms.